The number of fused-ring (bicyclic) bond motifs is 10. The summed E-state index contributed by atoms with van der Waals surface area (Å²) in [6.45, 7) is 4.05. The predicted octanol–water partition coefficient (Wildman–Crippen LogP) is 7.87. The molecule has 4 aliphatic heterocycles. The van der Waals surface area contributed by atoms with Gasteiger partial charge in [0.1, 0.15) is 17.1 Å². The molecule has 0 bridgehead atoms. The van der Waals surface area contributed by atoms with Crippen LogP contribution in [0.15, 0.2) is 125 Å². The third-order valence-corrected chi connectivity index (χ3v) is 12.4. The number of nitrogens with zero attached hydrogens (tertiary/aromatic N) is 4. The molecule has 3 N–H and O–H groups in total. The van der Waals surface area contributed by atoms with Gasteiger partial charge in [0.2, 0.25) is 17.6 Å². The van der Waals surface area contributed by atoms with E-state index in [0.717, 1.165) is 16.5 Å². The number of nitrogens with one attached hydrogen (secondary N) is 2. The average molecular weight is 808 g/mol. The number of carbonyl (C=O) groups is 3. The topological polar surface area (TPSA) is 150 Å². The van der Waals surface area contributed by atoms with E-state index in [9.17, 15) is 24.3 Å². The first-order valence-electron chi connectivity index (χ1n) is 18.8. The zero-order chi connectivity index (χ0) is 40.2. The summed E-state index contributed by atoms with van der Waals surface area (Å²) in [5.41, 5.74) is 3.73. The minimum atomic E-state index is -1.17. The Kier molecular flexibility index (Phi) is 8.11. The molecule has 2 fully saturated rings. The van der Waals surface area contributed by atoms with Crippen molar-refractivity contribution in [3.63, 3.8) is 0 Å². The number of benzene rings is 5. The second kappa shape index (κ2) is 13.1. The summed E-state index contributed by atoms with van der Waals surface area (Å²) in [5, 5.41) is 15.7. The molecule has 0 saturated carbocycles. The summed E-state index contributed by atoms with van der Waals surface area (Å²) < 4.78 is 1.60. The maximum absolute atomic E-state index is 14.4. The number of ketones is 1. The molecule has 6 heterocycles. The predicted molar refractivity (Wildman–Crippen MR) is 223 cm³/mol. The fourth-order valence-corrected chi connectivity index (χ4v) is 9.49. The molecule has 0 radical (unpaired) electrons. The zero-order valence-corrected chi connectivity index (χ0v) is 32.4. The number of rotatable bonds is 3. The molecule has 11 rings (SSSR count). The smallest absolute Gasteiger partial charge is 0.266 e. The largest absolute Gasteiger partial charge is 0.494 e. The number of imide groups is 1. The van der Waals surface area contributed by atoms with Gasteiger partial charge in [-0.1, -0.05) is 97.7 Å². The number of H-pyrrole nitrogens is 1. The minimum absolute atomic E-state index is 0.0146. The lowest BCUT2D eigenvalue weighted by Gasteiger charge is -2.32. The first-order valence-corrected chi connectivity index (χ1v) is 19.5. The van der Waals surface area contributed by atoms with Gasteiger partial charge in [-0.3, -0.25) is 29.1 Å². The summed E-state index contributed by atoms with van der Waals surface area (Å²) in [5.74, 6) is -1.88. The van der Waals surface area contributed by atoms with Gasteiger partial charge < -0.3 is 10.1 Å². The van der Waals surface area contributed by atoms with Crippen LogP contribution in [0.5, 0.6) is 5.88 Å². The number of hydrogen-bond donors (Lipinski definition) is 3. The summed E-state index contributed by atoms with van der Waals surface area (Å²) >= 11 is 12.4. The molecule has 286 valence electrons. The van der Waals surface area contributed by atoms with Crippen LogP contribution in [0.1, 0.15) is 41.2 Å². The van der Waals surface area contributed by atoms with Gasteiger partial charge in [-0.2, -0.15) is 0 Å². The summed E-state index contributed by atoms with van der Waals surface area (Å²) in [6.07, 6.45) is 0. The fourth-order valence-electron chi connectivity index (χ4n) is 9.20. The van der Waals surface area contributed by atoms with E-state index >= 15 is 0 Å². The lowest BCUT2D eigenvalue weighted by atomic mass is 9.75. The standard InChI is InChI=1S/C29H22Cl2N4O3.C16H10N2O2/c1-14(2)24-22-23(27(38)34(26(22)37)15-11-12-18(30)19(31)13-15)29(33-24)17-8-4-6-10-21(17)35-25(36)16-7-3-5-9-20(16)32-28(29)35;19-15-10-6-2-4-8-12(10)17-14(15)13-9-5-1-3-7-11(9)18-16(13)20/h3-14,22-24,33H,1-2H3;1-8,18,20H/t22-,23-,24?,29?;/m1./s1. The van der Waals surface area contributed by atoms with Crippen molar-refractivity contribution in [1.29, 1.82) is 0 Å². The monoisotopic (exact) mass is 806 g/mol. The third kappa shape index (κ3) is 4.97. The Hall–Kier alpha value is -6.40. The van der Waals surface area contributed by atoms with Crippen LogP contribution in [0.4, 0.5) is 11.4 Å². The van der Waals surface area contributed by atoms with Gasteiger partial charge in [-0.05, 0) is 60.5 Å². The van der Waals surface area contributed by atoms with Gasteiger partial charge in [-0.25, -0.2) is 14.9 Å². The molecule has 2 saturated heterocycles. The molecule has 0 aliphatic carbocycles. The molecule has 11 nitrogen and oxygen atoms in total. The highest BCUT2D eigenvalue weighted by Crippen LogP contribution is 2.56. The van der Waals surface area contributed by atoms with Gasteiger partial charge in [0.15, 0.2) is 5.88 Å². The maximum Gasteiger partial charge on any atom is 0.266 e. The van der Waals surface area contributed by atoms with E-state index < -0.39 is 17.4 Å². The van der Waals surface area contributed by atoms with E-state index in [2.05, 4.69) is 15.3 Å². The van der Waals surface area contributed by atoms with Gasteiger partial charge in [0.25, 0.3) is 5.56 Å². The highest BCUT2D eigenvalue weighted by molar-refractivity contribution is 6.56. The molecule has 4 aliphatic rings. The third-order valence-electron chi connectivity index (χ3n) is 11.7. The SMILES string of the molecule is CC(C)C1NC2(c3ccccc3-n3c2nc2ccccc2c3=O)[C@H]2C(=O)N(c3ccc(Cl)c(Cl)c3)C(=O)[C@@H]12.O=C1C(c2c(O)[nH]c3ccccc23)=Nc2ccccc21. The number of para-hydroxylation sites is 4. The maximum atomic E-state index is 14.4. The van der Waals surface area contributed by atoms with Crippen molar-refractivity contribution in [2.75, 3.05) is 4.90 Å². The van der Waals surface area contributed by atoms with Crippen LogP contribution in [0, 0.1) is 17.8 Å². The molecule has 7 aromatic rings. The molecule has 58 heavy (non-hydrogen) atoms. The van der Waals surface area contributed by atoms with Crippen LogP contribution in [0.25, 0.3) is 27.5 Å². The van der Waals surface area contributed by atoms with E-state index in [1.54, 1.807) is 41.0 Å². The van der Waals surface area contributed by atoms with Gasteiger partial charge >= 0.3 is 0 Å². The molecule has 5 aromatic carbocycles. The average Bonchev–Trinajstić information content (AvgIpc) is 3.99. The first kappa shape index (κ1) is 36.0. The Labute approximate surface area is 340 Å². The van der Waals surface area contributed by atoms with Crippen molar-refractivity contribution < 1.29 is 19.5 Å². The normalized spacial score (nSPS) is 21.4. The fraction of sp³-hybridized carbons (Fsp3) is 0.156. The van der Waals surface area contributed by atoms with Crippen molar-refractivity contribution in [2.45, 2.75) is 25.4 Å². The van der Waals surface area contributed by atoms with Crippen LogP contribution in [-0.2, 0) is 15.1 Å². The lowest BCUT2D eigenvalue weighted by Crippen LogP contribution is -2.51. The number of aromatic amines is 1. The molecule has 2 amide bonds. The zero-order valence-electron chi connectivity index (χ0n) is 30.9. The van der Waals surface area contributed by atoms with Gasteiger partial charge in [0, 0.05) is 28.1 Å². The van der Waals surface area contributed by atoms with Crippen molar-refractivity contribution in [1.82, 2.24) is 19.9 Å². The molecule has 13 heteroatoms. The van der Waals surface area contributed by atoms with Crippen molar-refractivity contribution in [3.8, 4) is 11.6 Å². The Bertz CT molecular complexity index is 3050. The number of aromatic nitrogens is 3. The molecule has 2 aromatic heterocycles. The number of aromatic hydroxyl groups is 1. The number of carbonyl (C=O) groups excluding carboxylic acids is 3. The molecular formula is C45H32Cl2N6O5. The van der Waals surface area contributed by atoms with Gasteiger partial charge in [0.05, 0.1) is 55.4 Å². The number of amides is 2. The summed E-state index contributed by atoms with van der Waals surface area (Å²) in [6, 6.07) is 33.8. The van der Waals surface area contributed by atoms with Crippen molar-refractivity contribution in [2.24, 2.45) is 22.7 Å². The summed E-state index contributed by atoms with van der Waals surface area (Å²) in [7, 11) is 0. The van der Waals surface area contributed by atoms with E-state index in [1.165, 1.54) is 11.0 Å². The number of Topliss-reactive ketones (excluding diaryl/α,β-unsaturated/α-hetero) is 1. The van der Waals surface area contributed by atoms with Crippen LogP contribution in [-0.4, -0.2) is 49.0 Å². The molecular weight excluding hydrogens is 775 g/mol. The van der Waals surface area contributed by atoms with E-state index in [4.69, 9.17) is 28.2 Å². The molecule has 1 spiro atoms. The number of aliphatic imine (C=N–C) groups is 1. The van der Waals surface area contributed by atoms with Crippen LogP contribution < -0.4 is 15.8 Å². The van der Waals surface area contributed by atoms with Crippen LogP contribution >= 0.6 is 23.2 Å². The van der Waals surface area contributed by atoms with E-state index in [0.29, 0.717) is 55.7 Å². The highest BCUT2D eigenvalue weighted by atomic mass is 35.5. The Morgan fingerprint density at radius 2 is 1.50 bits per heavy atom. The van der Waals surface area contributed by atoms with E-state index in [1.807, 2.05) is 86.6 Å². The van der Waals surface area contributed by atoms with E-state index in [-0.39, 0.29) is 46.0 Å². The van der Waals surface area contributed by atoms with Crippen LogP contribution in [0.2, 0.25) is 10.0 Å². The quantitative estimate of drug-likeness (QED) is 0.154. The number of anilines is 1. The summed E-state index contributed by atoms with van der Waals surface area (Å²) in [4.78, 5) is 68.1. The van der Waals surface area contributed by atoms with Crippen molar-refractivity contribution in [3.05, 3.63) is 158 Å². The lowest BCUT2D eigenvalue weighted by molar-refractivity contribution is -0.123. The molecule has 4 atom stereocenters. The number of hydrogen-bond acceptors (Lipinski definition) is 8. The Morgan fingerprint density at radius 3 is 2.28 bits per heavy atom. The first-order chi connectivity index (χ1) is 28.0. The van der Waals surface area contributed by atoms with Crippen molar-refractivity contribution >= 4 is 79.7 Å². The Balaban J connectivity index is 0.000000171. The van der Waals surface area contributed by atoms with Gasteiger partial charge in [-0.15, -0.1) is 0 Å². The minimum Gasteiger partial charge on any atom is -0.494 e. The van der Waals surface area contributed by atoms with Crippen LogP contribution in [0.3, 0.4) is 0 Å². The second-order valence-electron chi connectivity index (χ2n) is 15.1. The highest BCUT2D eigenvalue weighted by Gasteiger charge is 2.70. The second-order valence-corrected chi connectivity index (χ2v) is 16.0. The number of halogens is 2. The molecule has 2 unspecified atom stereocenters. The Morgan fingerprint density at radius 1 is 0.793 bits per heavy atom.